The lowest BCUT2D eigenvalue weighted by molar-refractivity contribution is 0.334. The van der Waals surface area contributed by atoms with Crippen LogP contribution in [-0.2, 0) is 6.54 Å². The number of likely N-dealkylation sites (tertiary alicyclic amines) is 1. The minimum absolute atomic E-state index is 0.309. The lowest BCUT2D eigenvalue weighted by Gasteiger charge is -2.13. The van der Waals surface area contributed by atoms with Gasteiger partial charge in [-0.3, -0.25) is 0 Å². The second-order valence-electron chi connectivity index (χ2n) is 5.25. The molecule has 1 saturated heterocycles. The van der Waals surface area contributed by atoms with Gasteiger partial charge in [-0.05, 0) is 44.1 Å². The summed E-state index contributed by atoms with van der Waals surface area (Å²) in [6, 6.07) is 6.16. The number of hydrogen-bond donors (Lipinski definition) is 1. The van der Waals surface area contributed by atoms with Gasteiger partial charge in [0.1, 0.15) is 5.82 Å². The van der Waals surface area contributed by atoms with E-state index in [0.29, 0.717) is 23.8 Å². The first-order valence-corrected chi connectivity index (χ1v) is 7.33. The molecule has 0 radical (unpaired) electrons. The zero-order valence-corrected chi connectivity index (χ0v) is 11.9. The Morgan fingerprint density at radius 3 is 2.95 bits per heavy atom. The Kier molecular flexibility index (Phi) is 4.57. The normalized spacial score (nSPS) is 15.7. The standard InChI is InChI=1S/C15H19FN4O/c16-13-5-3-4-12(10-13)15-18-14(19-21-15)11-17-6-9-20-7-1-2-8-20/h3-5,10,17H,1-2,6-9,11H2. The molecule has 21 heavy (non-hydrogen) atoms. The SMILES string of the molecule is Fc1cccc(-c2nc(CNCCN3CCCC3)no2)c1. The van der Waals surface area contributed by atoms with Crippen LogP contribution in [0.3, 0.4) is 0 Å². The molecule has 0 unspecified atom stereocenters. The predicted molar refractivity (Wildman–Crippen MR) is 77.1 cm³/mol. The molecule has 1 N–H and O–H groups in total. The van der Waals surface area contributed by atoms with Gasteiger partial charge in [0.05, 0.1) is 6.54 Å². The first-order chi connectivity index (χ1) is 10.3. The first kappa shape index (κ1) is 14.2. The predicted octanol–water partition coefficient (Wildman–Crippen LogP) is 2.06. The van der Waals surface area contributed by atoms with Crippen LogP contribution >= 0.6 is 0 Å². The zero-order chi connectivity index (χ0) is 14.5. The highest BCUT2D eigenvalue weighted by atomic mass is 19.1. The van der Waals surface area contributed by atoms with E-state index < -0.39 is 0 Å². The molecule has 0 amide bonds. The third kappa shape index (κ3) is 3.86. The molecule has 1 fully saturated rings. The second kappa shape index (κ2) is 6.78. The van der Waals surface area contributed by atoms with Crippen molar-refractivity contribution in [3.05, 3.63) is 35.9 Å². The molecule has 0 atom stereocenters. The van der Waals surface area contributed by atoms with Crippen LogP contribution in [-0.4, -0.2) is 41.2 Å². The van der Waals surface area contributed by atoms with Gasteiger partial charge >= 0.3 is 0 Å². The molecule has 2 aromatic rings. The molecular formula is C15H19FN4O. The van der Waals surface area contributed by atoms with Crippen LogP contribution < -0.4 is 5.32 Å². The van der Waals surface area contributed by atoms with Crippen LogP contribution in [0.2, 0.25) is 0 Å². The Bertz CT molecular complexity index is 581. The van der Waals surface area contributed by atoms with Gasteiger partial charge in [0.15, 0.2) is 5.82 Å². The van der Waals surface area contributed by atoms with Crippen molar-refractivity contribution in [2.24, 2.45) is 0 Å². The van der Waals surface area contributed by atoms with E-state index in [9.17, 15) is 4.39 Å². The van der Waals surface area contributed by atoms with Gasteiger partial charge in [-0.25, -0.2) is 4.39 Å². The number of nitrogens with one attached hydrogen (secondary N) is 1. The lowest BCUT2D eigenvalue weighted by Crippen LogP contribution is -2.29. The fourth-order valence-electron chi connectivity index (χ4n) is 2.51. The number of hydrogen-bond acceptors (Lipinski definition) is 5. The summed E-state index contributed by atoms with van der Waals surface area (Å²) in [6.07, 6.45) is 2.61. The van der Waals surface area contributed by atoms with Gasteiger partial charge in [0.2, 0.25) is 0 Å². The van der Waals surface area contributed by atoms with Crippen molar-refractivity contribution in [2.45, 2.75) is 19.4 Å². The van der Waals surface area contributed by atoms with E-state index in [0.717, 1.165) is 13.1 Å². The fourth-order valence-corrected chi connectivity index (χ4v) is 2.51. The van der Waals surface area contributed by atoms with Crippen LogP contribution in [0, 0.1) is 5.82 Å². The van der Waals surface area contributed by atoms with Crippen LogP contribution in [0.25, 0.3) is 11.5 Å². The number of rotatable bonds is 6. The van der Waals surface area contributed by atoms with E-state index in [2.05, 4.69) is 20.4 Å². The maximum absolute atomic E-state index is 13.1. The first-order valence-electron chi connectivity index (χ1n) is 7.33. The smallest absolute Gasteiger partial charge is 0.258 e. The van der Waals surface area contributed by atoms with Gasteiger partial charge in [-0.2, -0.15) is 4.98 Å². The number of benzene rings is 1. The van der Waals surface area contributed by atoms with Crippen molar-refractivity contribution < 1.29 is 8.91 Å². The van der Waals surface area contributed by atoms with E-state index in [1.54, 1.807) is 12.1 Å². The summed E-state index contributed by atoms with van der Waals surface area (Å²) in [7, 11) is 0. The molecular weight excluding hydrogens is 271 g/mol. The van der Waals surface area contributed by atoms with Crippen molar-refractivity contribution in [1.29, 1.82) is 0 Å². The monoisotopic (exact) mass is 290 g/mol. The summed E-state index contributed by atoms with van der Waals surface area (Å²) in [5, 5.41) is 7.21. The Labute approximate surface area is 123 Å². The molecule has 6 heteroatoms. The molecule has 3 rings (SSSR count). The summed E-state index contributed by atoms with van der Waals surface area (Å²) < 4.78 is 18.3. The summed E-state index contributed by atoms with van der Waals surface area (Å²) in [5.41, 5.74) is 0.603. The van der Waals surface area contributed by atoms with Crippen molar-refractivity contribution in [1.82, 2.24) is 20.4 Å². The van der Waals surface area contributed by atoms with Crippen molar-refractivity contribution in [3.63, 3.8) is 0 Å². The topological polar surface area (TPSA) is 54.2 Å². The van der Waals surface area contributed by atoms with Crippen LogP contribution in [0.15, 0.2) is 28.8 Å². The lowest BCUT2D eigenvalue weighted by atomic mass is 10.2. The van der Waals surface area contributed by atoms with Crippen LogP contribution in [0.4, 0.5) is 4.39 Å². The Balaban J connectivity index is 1.48. The quantitative estimate of drug-likeness (QED) is 0.825. The van der Waals surface area contributed by atoms with Gasteiger partial charge in [0, 0.05) is 18.7 Å². The molecule has 0 spiro atoms. The zero-order valence-electron chi connectivity index (χ0n) is 11.9. The summed E-state index contributed by atoms with van der Waals surface area (Å²) in [4.78, 5) is 6.72. The highest BCUT2D eigenvalue weighted by Crippen LogP contribution is 2.17. The maximum Gasteiger partial charge on any atom is 0.258 e. The highest BCUT2D eigenvalue weighted by Gasteiger charge is 2.11. The van der Waals surface area contributed by atoms with E-state index in [1.807, 2.05) is 0 Å². The average molecular weight is 290 g/mol. The van der Waals surface area contributed by atoms with E-state index in [4.69, 9.17) is 4.52 Å². The molecule has 1 aromatic carbocycles. The fraction of sp³-hybridized carbons (Fsp3) is 0.467. The van der Waals surface area contributed by atoms with E-state index in [-0.39, 0.29) is 5.82 Å². The van der Waals surface area contributed by atoms with Gasteiger partial charge in [-0.1, -0.05) is 11.2 Å². The third-order valence-electron chi connectivity index (χ3n) is 3.63. The molecule has 1 aromatic heterocycles. The van der Waals surface area contributed by atoms with Gasteiger partial charge < -0.3 is 14.7 Å². The molecule has 2 heterocycles. The van der Waals surface area contributed by atoms with Crippen molar-refractivity contribution in [2.75, 3.05) is 26.2 Å². The van der Waals surface area contributed by atoms with Crippen LogP contribution in [0.1, 0.15) is 18.7 Å². The molecule has 0 saturated carbocycles. The summed E-state index contributed by atoms with van der Waals surface area (Å²) >= 11 is 0. The molecule has 0 bridgehead atoms. The third-order valence-corrected chi connectivity index (χ3v) is 3.63. The summed E-state index contributed by atoms with van der Waals surface area (Å²) in [6.45, 7) is 4.92. The Morgan fingerprint density at radius 1 is 1.29 bits per heavy atom. The minimum atomic E-state index is -0.309. The molecule has 1 aliphatic rings. The van der Waals surface area contributed by atoms with Crippen molar-refractivity contribution >= 4 is 0 Å². The number of nitrogens with zero attached hydrogens (tertiary/aromatic N) is 3. The molecule has 1 aliphatic heterocycles. The highest BCUT2D eigenvalue weighted by molar-refractivity contribution is 5.52. The molecule has 0 aliphatic carbocycles. The minimum Gasteiger partial charge on any atom is -0.334 e. The molecule has 112 valence electrons. The molecule has 5 nitrogen and oxygen atoms in total. The van der Waals surface area contributed by atoms with Gasteiger partial charge in [-0.15, -0.1) is 0 Å². The maximum atomic E-state index is 13.1. The number of aromatic nitrogens is 2. The van der Waals surface area contributed by atoms with Crippen molar-refractivity contribution in [3.8, 4) is 11.5 Å². The largest absolute Gasteiger partial charge is 0.334 e. The number of halogens is 1. The van der Waals surface area contributed by atoms with Gasteiger partial charge in [0.25, 0.3) is 5.89 Å². The van der Waals surface area contributed by atoms with E-state index in [1.165, 1.54) is 38.1 Å². The Morgan fingerprint density at radius 2 is 2.14 bits per heavy atom. The van der Waals surface area contributed by atoms with Crippen LogP contribution in [0.5, 0.6) is 0 Å². The Hall–Kier alpha value is -1.79. The summed E-state index contributed by atoms with van der Waals surface area (Å²) in [5.74, 6) is 0.637. The van der Waals surface area contributed by atoms with E-state index >= 15 is 0 Å². The average Bonchev–Trinajstić information content (AvgIpc) is 3.15. The second-order valence-corrected chi connectivity index (χ2v) is 5.25.